The topological polar surface area (TPSA) is 15.3 Å². The van der Waals surface area contributed by atoms with Crippen LogP contribution in [0.2, 0.25) is 0 Å². The summed E-state index contributed by atoms with van der Waals surface area (Å²) in [5.74, 6) is 0.736. The first-order chi connectivity index (χ1) is 7.70. The van der Waals surface area contributed by atoms with Crippen molar-refractivity contribution >= 4 is 5.69 Å². The number of nitrogens with zero attached hydrogens (tertiary/aromatic N) is 1. The van der Waals surface area contributed by atoms with Crippen LogP contribution in [0.3, 0.4) is 0 Å². The van der Waals surface area contributed by atoms with E-state index in [0.717, 1.165) is 19.0 Å². The summed E-state index contributed by atoms with van der Waals surface area (Å²) in [5, 5.41) is 3.44. The molecule has 1 aliphatic rings. The van der Waals surface area contributed by atoms with Gasteiger partial charge >= 0.3 is 0 Å². The summed E-state index contributed by atoms with van der Waals surface area (Å²) in [6.45, 7) is 4.56. The van der Waals surface area contributed by atoms with Crippen molar-refractivity contribution < 1.29 is 0 Å². The zero-order valence-electron chi connectivity index (χ0n) is 10.6. The van der Waals surface area contributed by atoms with Crippen LogP contribution in [0, 0.1) is 6.92 Å². The van der Waals surface area contributed by atoms with Crippen molar-refractivity contribution in [2.75, 3.05) is 32.1 Å². The maximum Gasteiger partial charge on any atom is 0.0399 e. The van der Waals surface area contributed by atoms with Gasteiger partial charge in [-0.3, -0.25) is 0 Å². The Kier molecular flexibility index (Phi) is 3.49. The maximum absolute atomic E-state index is 3.44. The van der Waals surface area contributed by atoms with Gasteiger partial charge in [-0.2, -0.15) is 0 Å². The lowest BCUT2D eigenvalue weighted by molar-refractivity contribution is 0.459. The zero-order chi connectivity index (χ0) is 11.5. The Hall–Kier alpha value is -1.02. The van der Waals surface area contributed by atoms with E-state index in [2.05, 4.69) is 49.4 Å². The van der Waals surface area contributed by atoms with Gasteiger partial charge in [0.25, 0.3) is 0 Å². The third-order valence-electron chi connectivity index (χ3n) is 3.53. The number of anilines is 1. The monoisotopic (exact) mass is 218 g/mol. The lowest BCUT2D eigenvalue weighted by atomic mass is 9.86. The van der Waals surface area contributed by atoms with Crippen molar-refractivity contribution in [2.24, 2.45) is 0 Å². The van der Waals surface area contributed by atoms with Gasteiger partial charge in [-0.05, 0) is 56.0 Å². The summed E-state index contributed by atoms with van der Waals surface area (Å²) in [5.41, 5.74) is 4.40. The van der Waals surface area contributed by atoms with Crippen LogP contribution in [0.15, 0.2) is 18.2 Å². The van der Waals surface area contributed by atoms with E-state index in [0.29, 0.717) is 0 Å². The van der Waals surface area contributed by atoms with Crippen molar-refractivity contribution in [3.63, 3.8) is 0 Å². The Bertz CT molecular complexity index is 352. The third-order valence-corrected chi connectivity index (χ3v) is 3.53. The molecule has 1 fully saturated rings. The first-order valence-electron chi connectivity index (χ1n) is 6.17. The fraction of sp³-hybridized carbons (Fsp3) is 0.571. The van der Waals surface area contributed by atoms with E-state index in [1.807, 2.05) is 0 Å². The number of hydrogen-bond donors (Lipinski definition) is 1. The average Bonchev–Trinajstić information content (AvgIpc) is 2.29. The number of nitrogens with one attached hydrogen (secondary N) is 1. The van der Waals surface area contributed by atoms with Gasteiger partial charge < -0.3 is 10.2 Å². The summed E-state index contributed by atoms with van der Waals surface area (Å²) in [6, 6.07) is 6.64. The highest BCUT2D eigenvalue weighted by atomic mass is 15.1. The highest BCUT2D eigenvalue weighted by Gasteiger charge is 2.20. The van der Waals surface area contributed by atoms with E-state index in [4.69, 9.17) is 0 Å². The molecule has 1 aromatic carbocycles. The van der Waals surface area contributed by atoms with Crippen LogP contribution in [-0.2, 0) is 0 Å². The molecule has 0 amide bonds. The molecule has 0 aliphatic carbocycles. The van der Waals surface area contributed by atoms with Crippen molar-refractivity contribution in [3.05, 3.63) is 29.3 Å². The van der Waals surface area contributed by atoms with Crippen molar-refractivity contribution in [2.45, 2.75) is 25.7 Å². The molecule has 1 saturated heterocycles. The lowest BCUT2D eigenvalue weighted by Crippen LogP contribution is -2.28. The van der Waals surface area contributed by atoms with E-state index in [1.165, 1.54) is 24.1 Å². The normalized spacial score (nSPS) is 17.4. The van der Waals surface area contributed by atoms with Gasteiger partial charge in [-0.25, -0.2) is 0 Å². The van der Waals surface area contributed by atoms with Crippen molar-refractivity contribution in [1.29, 1.82) is 0 Å². The summed E-state index contributed by atoms with van der Waals surface area (Å²) in [7, 11) is 4.28. The fourth-order valence-electron chi connectivity index (χ4n) is 2.70. The van der Waals surface area contributed by atoms with E-state index in [1.54, 1.807) is 5.56 Å². The van der Waals surface area contributed by atoms with Crippen molar-refractivity contribution in [1.82, 2.24) is 5.32 Å². The molecule has 2 heteroatoms. The van der Waals surface area contributed by atoms with E-state index >= 15 is 0 Å². The molecule has 16 heavy (non-hydrogen) atoms. The van der Waals surface area contributed by atoms with Gasteiger partial charge in [0.05, 0.1) is 0 Å². The van der Waals surface area contributed by atoms with Gasteiger partial charge in [-0.15, -0.1) is 0 Å². The molecule has 1 N–H and O–H groups in total. The number of rotatable bonds is 2. The van der Waals surface area contributed by atoms with Crippen LogP contribution in [0.4, 0.5) is 5.69 Å². The Morgan fingerprint density at radius 1 is 1.19 bits per heavy atom. The highest BCUT2D eigenvalue weighted by Crippen LogP contribution is 2.34. The van der Waals surface area contributed by atoms with Crippen LogP contribution in [-0.4, -0.2) is 27.2 Å². The van der Waals surface area contributed by atoms with Gasteiger partial charge in [-0.1, -0.05) is 12.1 Å². The minimum Gasteiger partial charge on any atom is -0.377 e. The molecule has 88 valence electrons. The first-order valence-corrected chi connectivity index (χ1v) is 6.17. The molecule has 0 saturated carbocycles. The van der Waals surface area contributed by atoms with E-state index in [-0.39, 0.29) is 0 Å². The molecule has 2 nitrogen and oxygen atoms in total. The van der Waals surface area contributed by atoms with Gasteiger partial charge in [0.15, 0.2) is 0 Å². The van der Waals surface area contributed by atoms with Crippen LogP contribution in [0.5, 0.6) is 0 Å². The SMILES string of the molecule is Cc1cccc(N(C)C)c1C1CCNCC1. The lowest BCUT2D eigenvalue weighted by Gasteiger charge is -2.29. The average molecular weight is 218 g/mol. The van der Waals surface area contributed by atoms with Crippen LogP contribution < -0.4 is 10.2 Å². The van der Waals surface area contributed by atoms with Gasteiger partial charge in [0.1, 0.15) is 0 Å². The van der Waals surface area contributed by atoms with Crippen LogP contribution >= 0.6 is 0 Å². The Morgan fingerprint density at radius 2 is 1.88 bits per heavy atom. The fourth-order valence-corrected chi connectivity index (χ4v) is 2.70. The standard InChI is InChI=1S/C14H22N2/c1-11-5-4-6-13(16(2)3)14(11)12-7-9-15-10-8-12/h4-6,12,15H,7-10H2,1-3H3. The largest absolute Gasteiger partial charge is 0.377 e. The molecule has 0 radical (unpaired) electrons. The quantitative estimate of drug-likeness (QED) is 0.820. The molecule has 2 rings (SSSR count). The second-order valence-corrected chi connectivity index (χ2v) is 4.93. The minimum atomic E-state index is 0.736. The third kappa shape index (κ3) is 2.22. The number of aryl methyl sites for hydroxylation is 1. The molecule has 0 spiro atoms. The first kappa shape index (κ1) is 11.5. The molecule has 0 unspecified atom stereocenters. The second-order valence-electron chi connectivity index (χ2n) is 4.93. The van der Waals surface area contributed by atoms with Gasteiger partial charge in [0, 0.05) is 19.8 Å². The second kappa shape index (κ2) is 4.88. The Balaban J connectivity index is 2.36. The van der Waals surface area contributed by atoms with Crippen LogP contribution in [0.1, 0.15) is 29.9 Å². The number of hydrogen-bond acceptors (Lipinski definition) is 2. The molecule has 1 aliphatic heterocycles. The summed E-state index contributed by atoms with van der Waals surface area (Å²) >= 11 is 0. The molecular weight excluding hydrogens is 196 g/mol. The van der Waals surface area contributed by atoms with Crippen molar-refractivity contribution in [3.8, 4) is 0 Å². The summed E-state index contributed by atoms with van der Waals surface area (Å²) in [6.07, 6.45) is 2.54. The summed E-state index contributed by atoms with van der Waals surface area (Å²) < 4.78 is 0. The maximum atomic E-state index is 3.44. The van der Waals surface area contributed by atoms with E-state index < -0.39 is 0 Å². The Labute approximate surface area is 98.7 Å². The zero-order valence-corrected chi connectivity index (χ0v) is 10.6. The molecule has 1 heterocycles. The highest BCUT2D eigenvalue weighted by molar-refractivity contribution is 5.57. The summed E-state index contributed by atoms with van der Waals surface area (Å²) in [4.78, 5) is 2.24. The molecule has 1 aromatic rings. The Morgan fingerprint density at radius 3 is 2.50 bits per heavy atom. The smallest absolute Gasteiger partial charge is 0.0399 e. The minimum absolute atomic E-state index is 0.736. The molecular formula is C14H22N2. The van der Waals surface area contributed by atoms with Crippen LogP contribution in [0.25, 0.3) is 0 Å². The van der Waals surface area contributed by atoms with Gasteiger partial charge in [0.2, 0.25) is 0 Å². The number of piperidine rings is 1. The predicted molar refractivity (Wildman–Crippen MR) is 70.4 cm³/mol. The predicted octanol–water partition coefficient (Wildman–Crippen LogP) is 2.53. The number of benzene rings is 1. The van der Waals surface area contributed by atoms with E-state index in [9.17, 15) is 0 Å². The molecule has 0 atom stereocenters. The molecule has 0 bridgehead atoms. The molecule has 0 aromatic heterocycles.